The van der Waals surface area contributed by atoms with Crippen molar-refractivity contribution in [2.75, 3.05) is 0 Å². The van der Waals surface area contributed by atoms with Crippen LogP contribution in [0.25, 0.3) is 15.9 Å². The zero-order chi connectivity index (χ0) is 19.0. The molecule has 0 saturated heterocycles. The van der Waals surface area contributed by atoms with E-state index in [-0.39, 0.29) is 12.4 Å². The van der Waals surface area contributed by atoms with Gasteiger partial charge >= 0.3 is 5.97 Å². The van der Waals surface area contributed by atoms with Gasteiger partial charge in [0.15, 0.2) is 0 Å². The highest BCUT2D eigenvalue weighted by atomic mass is 35.5. The quantitative estimate of drug-likeness (QED) is 0.422. The summed E-state index contributed by atoms with van der Waals surface area (Å²) in [6, 6.07) is 15.0. The smallest absolute Gasteiger partial charge is 0.348 e. The average Bonchev–Trinajstić information content (AvgIpc) is 3.23. The van der Waals surface area contributed by atoms with Crippen LogP contribution in [-0.4, -0.2) is 15.7 Å². The second-order valence-electron chi connectivity index (χ2n) is 6.01. The molecule has 0 aliphatic carbocycles. The molecule has 0 aliphatic rings. The van der Waals surface area contributed by atoms with Crippen molar-refractivity contribution in [2.24, 2.45) is 0 Å². The van der Waals surface area contributed by atoms with Crippen molar-refractivity contribution >= 4 is 39.1 Å². The molecule has 0 spiro atoms. The number of esters is 1. The van der Waals surface area contributed by atoms with Crippen molar-refractivity contribution in [1.82, 2.24) is 9.78 Å². The molecule has 0 atom stereocenters. The van der Waals surface area contributed by atoms with Crippen LogP contribution in [0.3, 0.4) is 0 Å². The Morgan fingerprint density at radius 1 is 1.19 bits per heavy atom. The third-order valence-corrected chi connectivity index (χ3v) is 5.44. The molecule has 0 saturated carbocycles. The minimum absolute atomic E-state index is 0.174. The summed E-state index contributed by atoms with van der Waals surface area (Å²) in [6.45, 7) is 2.05. The van der Waals surface area contributed by atoms with Gasteiger partial charge in [-0.05, 0) is 55.0 Å². The zero-order valence-electron chi connectivity index (χ0n) is 14.3. The molecule has 4 nitrogen and oxygen atoms in total. The molecule has 2 heterocycles. The number of nitrogens with zero attached hydrogens (tertiary/aromatic N) is 2. The molecular formula is C20H14ClFN2O2S. The van der Waals surface area contributed by atoms with E-state index in [4.69, 9.17) is 16.3 Å². The second kappa shape index (κ2) is 7.13. The van der Waals surface area contributed by atoms with E-state index < -0.39 is 5.97 Å². The fourth-order valence-electron chi connectivity index (χ4n) is 2.71. The molecule has 0 unspecified atom stereocenters. The van der Waals surface area contributed by atoms with Crippen LogP contribution in [0.5, 0.6) is 0 Å². The maximum atomic E-state index is 13.2. The molecule has 2 aromatic carbocycles. The molecule has 4 aromatic rings. The Morgan fingerprint density at radius 3 is 2.59 bits per heavy atom. The van der Waals surface area contributed by atoms with Gasteiger partial charge in [0.05, 0.1) is 11.4 Å². The van der Waals surface area contributed by atoms with E-state index in [0.717, 1.165) is 27.2 Å². The highest BCUT2D eigenvalue weighted by Crippen LogP contribution is 2.31. The van der Waals surface area contributed by atoms with Gasteiger partial charge in [0.25, 0.3) is 0 Å². The van der Waals surface area contributed by atoms with Crippen molar-refractivity contribution in [3.8, 4) is 5.69 Å². The van der Waals surface area contributed by atoms with E-state index in [1.54, 1.807) is 35.0 Å². The van der Waals surface area contributed by atoms with Crippen LogP contribution in [0.15, 0.2) is 54.6 Å². The fraction of sp³-hybridized carbons (Fsp3) is 0.100. The van der Waals surface area contributed by atoms with Crippen LogP contribution in [0, 0.1) is 12.7 Å². The molecular weight excluding hydrogens is 387 g/mol. The highest BCUT2D eigenvalue weighted by molar-refractivity contribution is 7.20. The molecule has 0 fully saturated rings. The number of halogens is 2. The van der Waals surface area contributed by atoms with Crippen LogP contribution in [-0.2, 0) is 11.3 Å². The maximum Gasteiger partial charge on any atom is 0.348 e. The van der Waals surface area contributed by atoms with Crippen molar-refractivity contribution in [2.45, 2.75) is 13.5 Å². The summed E-state index contributed by atoms with van der Waals surface area (Å²) in [6.07, 6.45) is 0. The topological polar surface area (TPSA) is 44.1 Å². The normalized spacial score (nSPS) is 11.1. The second-order valence-corrected chi connectivity index (χ2v) is 7.47. The van der Waals surface area contributed by atoms with Gasteiger partial charge in [-0.15, -0.1) is 11.3 Å². The van der Waals surface area contributed by atoms with Gasteiger partial charge < -0.3 is 4.74 Å². The first kappa shape index (κ1) is 17.7. The summed E-state index contributed by atoms with van der Waals surface area (Å²) in [5, 5.41) is 6.00. The van der Waals surface area contributed by atoms with Crippen LogP contribution in [0.2, 0.25) is 5.02 Å². The number of aromatic nitrogens is 2. The van der Waals surface area contributed by atoms with Gasteiger partial charge in [-0.2, -0.15) is 5.10 Å². The lowest BCUT2D eigenvalue weighted by atomic mass is 10.2. The lowest BCUT2D eigenvalue weighted by Gasteiger charge is -2.04. The van der Waals surface area contributed by atoms with E-state index in [1.165, 1.54) is 23.5 Å². The third-order valence-electron chi connectivity index (χ3n) is 4.10. The van der Waals surface area contributed by atoms with Gasteiger partial charge in [0, 0.05) is 10.4 Å². The Kier molecular flexibility index (Phi) is 4.68. The van der Waals surface area contributed by atoms with Crippen molar-refractivity contribution in [1.29, 1.82) is 0 Å². The number of carbonyl (C=O) groups is 1. The van der Waals surface area contributed by atoms with Gasteiger partial charge in [-0.1, -0.05) is 23.7 Å². The summed E-state index contributed by atoms with van der Waals surface area (Å²) in [4.78, 5) is 13.8. The summed E-state index contributed by atoms with van der Waals surface area (Å²) >= 11 is 7.16. The number of fused-ring (bicyclic) bond motifs is 1. The molecule has 4 rings (SSSR count). The highest BCUT2D eigenvalue weighted by Gasteiger charge is 2.18. The molecule has 7 heteroatoms. The molecule has 0 amide bonds. The number of ether oxygens (including phenoxy) is 1. The lowest BCUT2D eigenvalue weighted by molar-refractivity contribution is 0.0478. The lowest BCUT2D eigenvalue weighted by Crippen LogP contribution is -2.03. The molecule has 2 aromatic heterocycles. The molecule has 0 N–H and O–H groups in total. The Morgan fingerprint density at radius 2 is 1.89 bits per heavy atom. The van der Waals surface area contributed by atoms with Crippen LogP contribution >= 0.6 is 22.9 Å². The number of aryl methyl sites for hydroxylation is 1. The van der Waals surface area contributed by atoms with Crippen LogP contribution in [0.4, 0.5) is 4.39 Å². The monoisotopic (exact) mass is 400 g/mol. The minimum Gasteiger partial charge on any atom is -0.457 e. The number of hydrogen-bond acceptors (Lipinski definition) is 4. The average molecular weight is 401 g/mol. The predicted octanol–water partition coefficient (Wildman–Crippen LogP) is 5.54. The Balaban J connectivity index is 1.59. The summed E-state index contributed by atoms with van der Waals surface area (Å²) in [5.41, 5.74) is 2.39. The van der Waals surface area contributed by atoms with E-state index in [2.05, 4.69) is 5.10 Å². The van der Waals surface area contributed by atoms with E-state index >= 15 is 0 Å². The van der Waals surface area contributed by atoms with Gasteiger partial charge in [-0.3, -0.25) is 0 Å². The summed E-state index contributed by atoms with van der Waals surface area (Å²) < 4.78 is 20.3. The zero-order valence-corrected chi connectivity index (χ0v) is 15.9. The number of benzene rings is 2. The van der Waals surface area contributed by atoms with Crippen molar-refractivity contribution < 1.29 is 13.9 Å². The Labute approximate surface area is 163 Å². The molecule has 0 bridgehead atoms. The third kappa shape index (κ3) is 3.59. The first-order valence-corrected chi connectivity index (χ1v) is 9.37. The first-order chi connectivity index (χ1) is 13.0. The SMILES string of the molecule is Cc1nn(-c2ccc(F)cc2)c2sc(C(=O)OCc3ccc(Cl)cc3)cc12. The molecule has 27 heavy (non-hydrogen) atoms. The van der Waals surface area contributed by atoms with Crippen LogP contribution in [0.1, 0.15) is 20.9 Å². The van der Waals surface area contributed by atoms with Gasteiger partial charge in [-0.25, -0.2) is 13.9 Å². The number of hydrogen-bond donors (Lipinski definition) is 0. The van der Waals surface area contributed by atoms with Crippen molar-refractivity contribution in [3.63, 3.8) is 0 Å². The first-order valence-electron chi connectivity index (χ1n) is 8.18. The molecule has 136 valence electrons. The summed E-state index contributed by atoms with van der Waals surface area (Å²) in [5.74, 6) is -0.701. The predicted molar refractivity (Wildman–Crippen MR) is 104 cm³/mol. The van der Waals surface area contributed by atoms with E-state index in [9.17, 15) is 9.18 Å². The number of carbonyl (C=O) groups excluding carboxylic acids is 1. The Bertz CT molecular complexity index is 1120. The van der Waals surface area contributed by atoms with E-state index in [1.807, 2.05) is 19.1 Å². The molecule has 0 radical (unpaired) electrons. The summed E-state index contributed by atoms with van der Waals surface area (Å²) in [7, 11) is 0. The number of rotatable bonds is 4. The molecule has 0 aliphatic heterocycles. The van der Waals surface area contributed by atoms with Crippen molar-refractivity contribution in [3.05, 3.63) is 81.6 Å². The number of thiophene rings is 1. The maximum absolute atomic E-state index is 13.2. The standard InChI is InChI=1S/C20H14ClFN2O2S/c1-12-17-10-18(20(25)26-11-13-2-4-14(21)5-3-13)27-19(17)24(23-12)16-8-6-15(22)7-9-16/h2-10H,11H2,1H3. The van der Waals surface area contributed by atoms with Gasteiger partial charge in [0.1, 0.15) is 22.1 Å². The van der Waals surface area contributed by atoms with Gasteiger partial charge in [0.2, 0.25) is 0 Å². The van der Waals surface area contributed by atoms with Crippen LogP contribution < -0.4 is 0 Å². The Hall–Kier alpha value is -2.70. The largest absolute Gasteiger partial charge is 0.457 e. The van der Waals surface area contributed by atoms with E-state index in [0.29, 0.717) is 9.90 Å². The fourth-order valence-corrected chi connectivity index (χ4v) is 3.91. The minimum atomic E-state index is -0.392.